The summed E-state index contributed by atoms with van der Waals surface area (Å²) in [6.45, 7) is 0.224. The van der Waals surface area contributed by atoms with Crippen molar-refractivity contribution in [3.8, 4) is 5.75 Å². The monoisotopic (exact) mass is 476 g/mol. The van der Waals surface area contributed by atoms with Gasteiger partial charge in [-0.1, -0.05) is 17.7 Å². The summed E-state index contributed by atoms with van der Waals surface area (Å²) in [5.41, 5.74) is 1.12. The van der Waals surface area contributed by atoms with Gasteiger partial charge in [0, 0.05) is 28.4 Å². The highest BCUT2D eigenvalue weighted by Crippen LogP contribution is 2.30. The molecule has 0 bridgehead atoms. The number of nitrogens with one attached hydrogen (secondary N) is 2. The zero-order valence-electron chi connectivity index (χ0n) is 16.2. The number of ether oxygens (including phenoxy) is 1. The summed E-state index contributed by atoms with van der Waals surface area (Å²) in [6.07, 6.45) is 3.71. The molecule has 0 saturated heterocycles. The second-order valence-electron chi connectivity index (χ2n) is 6.49. The SMILES string of the molecule is COc1ccc(Cl)cc1NS(=O)(=O)c1cccc(C(=O)NCc2cn3ccsc3n2)c1. The lowest BCUT2D eigenvalue weighted by Gasteiger charge is -2.13. The molecule has 31 heavy (non-hydrogen) atoms. The molecule has 11 heteroatoms. The maximum Gasteiger partial charge on any atom is 0.262 e. The number of aromatic nitrogens is 2. The number of amides is 1. The van der Waals surface area contributed by atoms with Crippen LogP contribution in [0.2, 0.25) is 5.02 Å². The van der Waals surface area contributed by atoms with Crippen LogP contribution >= 0.6 is 22.9 Å². The van der Waals surface area contributed by atoms with Crippen LogP contribution in [0.25, 0.3) is 4.96 Å². The highest BCUT2D eigenvalue weighted by atomic mass is 35.5. The fraction of sp³-hybridized carbons (Fsp3) is 0.100. The van der Waals surface area contributed by atoms with E-state index >= 15 is 0 Å². The molecule has 0 aliphatic carbocycles. The molecule has 8 nitrogen and oxygen atoms in total. The van der Waals surface area contributed by atoms with Crippen LogP contribution in [0.4, 0.5) is 5.69 Å². The van der Waals surface area contributed by atoms with Gasteiger partial charge in [0.25, 0.3) is 15.9 Å². The van der Waals surface area contributed by atoms with Crippen molar-refractivity contribution in [2.24, 2.45) is 0 Å². The number of nitrogens with zero attached hydrogens (tertiary/aromatic N) is 2. The van der Waals surface area contributed by atoms with E-state index in [1.54, 1.807) is 18.2 Å². The van der Waals surface area contributed by atoms with Crippen molar-refractivity contribution < 1.29 is 17.9 Å². The second kappa shape index (κ2) is 8.58. The van der Waals surface area contributed by atoms with E-state index in [1.807, 2.05) is 22.2 Å². The molecule has 0 spiro atoms. The molecule has 0 aliphatic rings. The molecule has 0 aliphatic heterocycles. The van der Waals surface area contributed by atoms with Crippen molar-refractivity contribution in [1.29, 1.82) is 0 Å². The Morgan fingerprint density at radius 2 is 2.10 bits per heavy atom. The Kier molecular flexibility index (Phi) is 5.86. The highest BCUT2D eigenvalue weighted by molar-refractivity contribution is 7.92. The molecule has 160 valence electrons. The third kappa shape index (κ3) is 4.66. The molecule has 1 amide bonds. The zero-order chi connectivity index (χ0) is 22.0. The van der Waals surface area contributed by atoms with Crippen molar-refractivity contribution in [2.45, 2.75) is 11.4 Å². The number of carbonyl (C=O) groups is 1. The van der Waals surface area contributed by atoms with Crippen LogP contribution in [0.5, 0.6) is 5.75 Å². The van der Waals surface area contributed by atoms with E-state index in [4.69, 9.17) is 16.3 Å². The normalized spacial score (nSPS) is 11.4. The fourth-order valence-corrected chi connectivity index (χ4v) is 4.90. The van der Waals surface area contributed by atoms with E-state index in [2.05, 4.69) is 15.0 Å². The minimum Gasteiger partial charge on any atom is -0.495 e. The van der Waals surface area contributed by atoms with Crippen LogP contribution < -0.4 is 14.8 Å². The van der Waals surface area contributed by atoms with Gasteiger partial charge in [-0.2, -0.15) is 0 Å². The van der Waals surface area contributed by atoms with Crippen molar-refractivity contribution in [2.75, 3.05) is 11.8 Å². The van der Waals surface area contributed by atoms with Crippen LogP contribution in [-0.2, 0) is 16.6 Å². The number of fused-ring (bicyclic) bond motifs is 1. The number of sulfonamides is 1. The predicted octanol–water partition coefficient (Wildman–Crippen LogP) is 3.79. The molecule has 0 atom stereocenters. The van der Waals surface area contributed by atoms with Crippen molar-refractivity contribution in [3.05, 3.63) is 76.5 Å². The Bertz CT molecular complexity index is 1340. The quantitative estimate of drug-likeness (QED) is 0.422. The van der Waals surface area contributed by atoms with E-state index in [-0.39, 0.29) is 22.7 Å². The Morgan fingerprint density at radius 3 is 2.87 bits per heavy atom. The summed E-state index contributed by atoms with van der Waals surface area (Å²) in [4.78, 5) is 17.7. The number of anilines is 1. The number of imidazole rings is 1. The molecule has 4 aromatic rings. The zero-order valence-corrected chi connectivity index (χ0v) is 18.6. The smallest absolute Gasteiger partial charge is 0.262 e. The van der Waals surface area contributed by atoms with Crippen molar-refractivity contribution >= 4 is 49.5 Å². The van der Waals surface area contributed by atoms with Gasteiger partial charge >= 0.3 is 0 Å². The first-order valence-electron chi connectivity index (χ1n) is 9.01. The average Bonchev–Trinajstić information content (AvgIpc) is 3.34. The number of halogens is 1. The lowest BCUT2D eigenvalue weighted by Crippen LogP contribution is -2.23. The molecule has 2 heterocycles. The lowest BCUT2D eigenvalue weighted by molar-refractivity contribution is 0.0950. The van der Waals surface area contributed by atoms with Gasteiger partial charge in [-0.3, -0.25) is 13.9 Å². The van der Waals surface area contributed by atoms with Crippen molar-refractivity contribution in [1.82, 2.24) is 14.7 Å². The molecule has 0 saturated carbocycles. The molecule has 2 aromatic heterocycles. The van der Waals surface area contributed by atoms with Crippen LogP contribution in [-0.4, -0.2) is 30.8 Å². The average molecular weight is 477 g/mol. The van der Waals surface area contributed by atoms with Gasteiger partial charge in [-0.05, 0) is 36.4 Å². The van der Waals surface area contributed by atoms with E-state index < -0.39 is 15.9 Å². The number of benzene rings is 2. The highest BCUT2D eigenvalue weighted by Gasteiger charge is 2.19. The van der Waals surface area contributed by atoms with Gasteiger partial charge in [0.05, 0.1) is 29.9 Å². The maximum atomic E-state index is 12.9. The van der Waals surface area contributed by atoms with E-state index in [9.17, 15) is 13.2 Å². The summed E-state index contributed by atoms with van der Waals surface area (Å²) in [5, 5.41) is 5.03. The topological polar surface area (TPSA) is 102 Å². The standard InChI is InChI=1S/C20H17ClN4O4S2/c1-29-18-6-5-14(21)10-17(18)24-31(27,28)16-4-2-3-13(9-16)19(26)22-11-15-12-25-7-8-30-20(25)23-15/h2-10,12,24H,11H2,1H3,(H,22,26). The molecular formula is C20H17ClN4O4S2. The summed E-state index contributed by atoms with van der Waals surface area (Å²) in [5.74, 6) is -0.0874. The molecule has 4 rings (SSSR count). The van der Waals surface area contributed by atoms with E-state index in [0.717, 1.165) is 4.96 Å². The van der Waals surface area contributed by atoms with Crippen LogP contribution in [0.3, 0.4) is 0 Å². The summed E-state index contributed by atoms with van der Waals surface area (Å²) in [7, 11) is -2.55. The summed E-state index contributed by atoms with van der Waals surface area (Å²) >= 11 is 7.47. The number of thiazole rings is 1. The van der Waals surface area contributed by atoms with Gasteiger partial charge in [0.2, 0.25) is 0 Å². The van der Waals surface area contributed by atoms with E-state index in [1.165, 1.54) is 42.7 Å². The molecule has 0 radical (unpaired) electrons. The molecule has 0 fully saturated rings. The lowest BCUT2D eigenvalue weighted by atomic mass is 10.2. The summed E-state index contributed by atoms with van der Waals surface area (Å²) < 4.78 is 35.2. The molecule has 2 aromatic carbocycles. The van der Waals surface area contributed by atoms with Crippen LogP contribution in [0.1, 0.15) is 16.1 Å². The van der Waals surface area contributed by atoms with Crippen molar-refractivity contribution in [3.63, 3.8) is 0 Å². The summed E-state index contributed by atoms with van der Waals surface area (Å²) in [6, 6.07) is 10.4. The minimum absolute atomic E-state index is 0.0651. The first-order chi connectivity index (χ1) is 14.9. The number of hydrogen-bond donors (Lipinski definition) is 2. The molecule has 0 unspecified atom stereocenters. The van der Waals surface area contributed by atoms with Gasteiger partial charge in [-0.15, -0.1) is 11.3 Å². The third-order valence-corrected chi connectivity index (χ3v) is 6.75. The third-order valence-electron chi connectivity index (χ3n) is 4.39. The Morgan fingerprint density at radius 1 is 1.26 bits per heavy atom. The fourth-order valence-electron chi connectivity index (χ4n) is 2.90. The maximum absolute atomic E-state index is 12.9. The first kappa shape index (κ1) is 21.2. The Hall–Kier alpha value is -3.08. The first-order valence-corrected chi connectivity index (χ1v) is 11.8. The van der Waals surface area contributed by atoms with Crippen LogP contribution in [0, 0.1) is 0 Å². The van der Waals surface area contributed by atoms with E-state index in [0.29, 0.717) is 16.5 Å². The number of carbonyl (C=O) groups excluding carboxylic acids is 1. The Balaban J connectivity index is 1.50. The largest absolute Gasteiger partial charge is 0.495 e. The predicted molar refractivity (Wildman–Crippen MR) is 119 cm³/mol. The van der Waals surface area contributed by atoms with Crippen LogP contribution in [0.15, 0.2) is 65.1 Å². The molecular weight excluding hydrogens is 460 g/mol. The number of rotatable bonds is 7. The van der Waals surface area contributed by atoms with Gasteiger partial charge in [0.15, 0.2) is 4.96 Å². The minimum atomic E-state index is -3.98. The van der Waals surface area contributed by atoms with Gasteiger partial charge in [-0.25, -0.2) is 13.4 Å². The number of hydrogen-bond acceptors (Lipinski definition) is 6. The second-order valence-corrected chi connectivity index (χ2v) is 9.48. The Labute approximate surface area is 187 Å². The van der Waals surface area contributed by atoms with Gasteiger partial charge in [0.1, 0.15) is 5.75 Å². The van der Waals surface area contributed by atoms with Gasteiger partial charge < -0.3 is 10.1 Å². The molecule has 2 N–H and O–H groups in total. The number of methoxy groups -OCH3 is 1.